The van der Waals surface area contributed by atoms with E-state index in [1.165, 1.54) is 16.7 Å². The molecule has 1 nitrogen and oxygen atoms in total. The molecule has 1 atom stereocenters. The zero-order valence-corrected chi connectivity index (χ0v) is 12.4. The van der Waals surface area contributed by atoms with E-state index in [9.17, 15) is 0 Å². The van der Waals surface area contributed by atoms with Crippen LogP contribution in [0.4, 0.5) is 0 Å². The number of aryl methyl sites for hydroxylation is 2. The fraction of sp³-hybridized carbons (Fsp3) is 0.250. The van der Waals surface area contributed by atoms with Gasteiger partial charge in [0, 0.05) is 4.47 Å². The van der Waals surface area contributed by atoms with Crippen LogP contribution in [-0.2, 0) is 6.42 Å². The van der Waals surface area contributed by atoms with E-state index in [0.717, 1.165) is 16.5 Å². The van der Waals surface area contributed by atoms with Gasteiger partial charge in [-0.15, -0.1) is 0 Å². The highest BCUT2D eigenvalue weighted by molar-refractivity contribution is 9.10. The molecule has 0 saturated heterocycles. The van der Waals surface area contributed by atoms with Gasteiger partial charge in [-0.25, -0.2) is 0 Å². The van der Waals surface area contributed by atoms with Gasteiger partial charge in [0.2, 0.25) is 0 Å². The predicted octanol–water partition coefficient (Wildman–Crippen LogP) is 4.37. The van der Waals surface area contributed by atoms with Crippen LogP contribution in [0.1, 0.15) is 35.2 Å². The second-order valence-electron chi connectivity index (χ2n) is 4.55. The van der Waals surface area contributed by atoms with E-state index in [0.29, 0.717) is 0 Å². The first kappa shape index (κ1) is 13.3. The summed E-state index contributed by atoms with van der Waals surface area (Å²) in [6, 6.07) is 14.7. The largest absolute Gasteiger partial charge is 0.320 e. The van der Waals surface area contributed by atoms with Crippen LogP contribution in [0.3, 0.4) is 0 Å². The van der Waals surface area contributed by atoms with Crippen LogP contribution in [0, 0.1) is 6.92 Å². The van der Waals surface area contributed by atoms with Crippen molar-refractivity contribution in [1.29, 1.82) is 0 Å². The minimum absolute atomic E-state index is 0.0780. The van der Waals surface area contributed by atoms with Crippen molar-refractivity contribution in [2.24, 2.45) is 5.73 Å². The molecule has 0 aliphatic heterocycles. The van der Waals surface area contributed by atoms with Crippen molar-refractivity contribution < 1.29 is 0 Å². The Labute approximate surface area is 117 Å². The molecular weight excluding hydrogens is 286 g/mol. The Morgan fingerprint density at radius 1 is 1.17 bits per heavy atom. The number of rotatable bonds is 3. The molecule has 0 aliphatic rings. The Kier molecular flexibility index (Phi) is 4.20. The first-order chi connectivity index (χ1) is 8.63. The second-order valence-corrected chi connectivity index (χ2v) is 5.35. The molecule has 2 aromatic rings. The van der Waals surface area contributed by atoms with Gasteiger partial charge in [0.25, 0.3) is 0 Å². The van der Waals surface area contributed by atoms with Gasteiger partial charge in [-0.3, -0.25) is 0 Å². The molecule has 0 aromatic heterocycles. The fourth-order valence-corrected chi connectivity index (χ4v) is 2.61. The normalized spacial score (nSPS) is 12.4. The van der Waals surface area contributed by atoms with Gasteiger partial charge >= 0.3 is 0 Å². The van der Waals surface area contributed by atoms with E-state index in [-0.39, 0.29) is 6.04 Å². The number of hydrogen-bond donors (Lipinski definition) is 1. The maximum atomic E-state index is 6.38. The van der Waals surface area contributed by atoms with Crippen molar-refractivity contribution in [1.82, 2.24) is 0 Å². The first-order valence-corrected chi connectivity index (χ1v) is 7.02. The van der Waals surface area contributed by atoms with Crippen LogP contribution in [0.2, 0.25) is 0 Å². The third kappa shape index (κ3) is 2.65. The number of nitrogens with two attached hydrogens (primary N) is 1. The summed E-state index contributed by atoms with van der Waals surface area (Å²) >= 11 is 3.63. The average Bonchev–Trinajstić information content (AvgIpc) is 2.41. The average molecular weight is 304 g/mol. The van der Waals surface area contributed by atoms with Gasteiger partial charge in [0.05, 0.1) is 6.04 Å². The Bertz CT molecular complexity index is 549. The van der Waals surface area contributed by atoms with Crippen LogP contribution >= 0.6 is 15.9 Å². The van der Waals surface area contributed by atoms with Crippen molar-refractivity contribution in [2.75, 3.05) is 0 Å². The molecule has 18 heavy (non-hydrogen) atoms. The Hall–Kier alpha value is -1.12. The molecule has 0 saturated carbocycles. The van der Waals surface area contributed by atoms with Gasteiger partial charge < -0.3 is 5.73 Å². The number of benzene rings is 2. The van der Waals surface area contributed by atoms with Gasteiger partial charge in [-0.2, -0.15) is 0 Å². The Morgan fingerprint density at radius 3 is 2.61 bits per heavy atom. The molecule has 0 heterocycles. The van der Waals surface area contributed by atoms with E-state index >= 15 is 0 Å². The van der Waals surface area contributed by atoms with Crippen LogP contribution in [0.5, 0.6) is 0 Å². The Morgan fingerprint density at radius 2 is 1.89 bits per heavy atom. The molecule has 0 spiro atoms. The van der Waals surface area contributed by atoms with Gasteiger partial charge in [0.15, 0.2) is 0 Å². The third-order valence-corrected chi connectivity index (χ3v) is 4.36. The molecule has 0 aliphatic carbocycles. The van der Waals surface area contributed by atoms with Crippen molar-refractivity contribution in [3.8, 4) is 0 Å². The van der Waals surface area contributed by atoms with Crippen molar-refractivity contribution in [3.63, 3.8) is 0 Å². The highest BCUT2D eigenvalue weighted by Crippen LogP contribution is 2.29. The quantitative estimate of drug-likeness (QED) is 0.895. The van der Waals surface area contributed by atoms with Crippen molar-refractivity contribution >= 4 is 15.9 Å². The van der Waals surface area contributed by atoms with Crippen LogP contribution in [0.15, 0.2) is 46.9 Å². The third-order valence-electron chi connectivity index (χ3n) is 3.28. The molecule has 2 heteroatoms. The number of hydrogen-bond acceptors (Lipinski definition) is 1. The lowest BCUT2D eigenvalue weighted by Crippen LogP contribution is -2.13. The van der Waals surface area contributed by atoms with Gasteiger partial charge in [-0.05, 0) is 35.6 Å². The monoisotopic (exact) mass is 303 g/mol. The van der Waals surface area contributed by atoms with Crippen molar-refractivity contribution in [3.05, 3.63) is 69.2 Å². The molecule has 0 amide bonds. The molecule has 0 bridgehead atoms. The SMILES string of the molecule is CCc1cccc(C(N)c2cccc(C)c2Br)c1. The fourth-order valence-electron chi connectivity index (χ4n) is 2.10. The number of halogens is 1. The standard InChI is InChI=1S/C16H18BrN/c1-3-12-7-5-8-13(10-12)16(18)14-9-4-6-11(2)15(14)17/h4-10,16H,3,18H2,1-2H3. The predicted molar refractivity (Wildman–Crippen MR) is 80.7 cm³/mol. The van der Waals surface area contributed by atoms with E-state index in [2.05, 4.69) is 72.2 Å². The minimum Gasteiger partial charge on any atom is -0.320 e. The maximum absolute atomic E-state index is 6.38. The van der Waals surface area contributed by atoms with Crippen LogP contribution in [-0.4, -0.2) is 0 Å². The van der Waals surface area contributed by atoms with Crippen LogP contribution < -0.4 is 5.73 Å². The van der Waals surface area contributed by atoms with E-state index < -0.39 is 0 Å². The van der Waals surface area contributed by atoms with E-state index in [4.69, 9.17) is 5.73 Å². The minimum atomic E-state index is -0.0780. The highest BCUT2D eigenvalue weighted by atomic mass is 79.9. The summed E-state index contributed by atoms with van der Waals surface area (Å²) in [6.45, 7) is 4.25. The summed E-state index contributed by atoms with van der Waals surface area (Å²) in [5.74, 6) is 0. The Balaban J connectivity index is 2.41. The molecule has 94 valence electrons. The summed E-state index contributed by atoms with van der Waals surface area (Å²) in [5, 5.41) is 0. The molecule has 2 rings (SSSR count). The van der Waals surface area contributed by atoms with Crippen LogP contribution in [0.25, 0.3) is 0 Å². The zero-order chi connectivity index (χ0) is 13.1. The smallest absolute Gasteiger partial charge is 0.0563 e. The lowest BCUT2D eigenvalue weighted by atomic mass is 9.96. The topological polar surface area (TPSA) is 26.0 Å². The highest BCUT2D eigenvalue weighted by Gasteiger charge is 2.13. The maximum Gasteiger partial charge on any atom is 0.0563 e. The molecule has 0 fully saturated rings. The summed E-state index contributed by atoms with van der Waals surface area (Å²) in [4.78, 5) is 0. The van der Waals surface area contributed by atoms with E-state index in [1.807, 2.05) is 0 Å². The van der Waals surface area contributed by atoms with Crippen molar-refractivity contribution in [2.45, 2.75) is 26.3 Å². The summed E-state index contributed by atoms with van der Waals surface area (Å²) in [7, 11) is 0. The van der Waals surface area contributed by atoms with Gasteiger partial charge in [-0.1, -0.05) is 65.3 Å². The summed E-state index contributed by atoms with van der Waals surface area (Å²) < 4.78 is 1.11. The summed E-state index contributed by atoms with van der Waals surface area (Å²) in [5.41, 5.74) is 11.2. The lowest BCUT2D eigenvalue weighted by Gasteiger charge is -2.16. The molecule has 1 unspecified atom stereocenters. The molecule has 2 N–H and O–H groups in total. The van der Waals surface area contributed by atoms with E-state index in [1.54, 1.807) is 0 Å². The molecule has 0 radical (unpaired) electrons. The lowest BCUT2D eigenvalue weighted by molar-refractivity contribution is 0.859. The zero-order valence-electron chi connectivity index (χ0n) is 10.8. The molecule has 2 aromatic carbocycles. The first-order valence-electron chi connectivity index (χ1n) is 6.23. The van der Waals surface area contributed by atoms with Gasteiger partial charge in [0.1, 0.15) is 0 Å². The second kappa shape index (κ2) is 5.68. The summed E-state index contributed by atoms with van der Waals surface area (Å²) in [6.07, 6.45) is 1.04. The molecular formula is C16H18BrN.